The predicted octanol–water partition coefficient (Wildman–Crippen LogP) is 2.96. The van der Waals surface area contributed by atoms with Gasteiger partial charge in [0.2, 0.25) is 0 Å². The van der Waals surface area contributed by atoms with Crippen LogP contribution in [0.3, 0.4) is 0 Å². The van der Waals surface area contributed by atoms with Crippen LogP contribution in [0.1, 0.15) is 17.3 Å². The van der Waals surface area contributed by atoms with Crippen LogP contribution in [0.4, 0.5) is 5.69 Å². The maximum atomic E-state index is 11.4. The van der Waals surface area contributed by atoms with E-state index >= 15 is 0 Å². The fourth-order valence-corrected chi connectivity index (χ4v) is 1.27. The molecule has 0 amide bonds. The lowest BCUT2D eigenvalue weighted by Crippen LogP contribution is -2.07. The number of ether oxygens (including phenoxy) is 1. The van der Waals surface area contributed by atoms with Crippen LogP contribution in [-0.4, -0.2) is 12.6 Å². The Kier molecular flexibility index (Phi) is 4.33. The first-order valence-corrected chi connectivity index (χ1v) is 5.03. The molecule has 1 rings (SSSR count). The van der Waals surface area contributed by atoms with E-state index in [9.17, 15) is 4.79 Å². The lowest BCUT2D eigenvalue weighted by atomic mass is 10.2. The average molecular weight is 217 g/mol. The molecule has 0 fully saturated rings. The molecule has 1 aromatic rings. The maximum absolute atomic E-state index is 11.4. The number of esters is 1. The SMILES string of the molecule is C=CN(C=C)c1ccc(C(=O)OCC)cc1. The standard InChI is InChI=1S/C13H15NO2/c1-4-14(5-2)12-9-7-11(8-10-12)13(15)16-6-3/h4-5,7-10H,1-2,6H2,3H3. The average Bonchev–Trinajstić information content (AvgIpc) is 2.32. The van der Waals surface area contributed by atoms with E-state index in [0.29, 0.717) is 12.2 Å². The fourth-order valence-electron chi connectivity index (χ4n) is 1.27. The Morgan fingerprint density at radius 2 is 1.88 bits per heavy atom. The van der Waals surface area contributed by atoms with Crippen LogP contribution in [0.15, 0.2) is 49.8 Å². The van der Waals surface area contributed by atoms with Gasteiger partial charge in [-0.05, 0) is 31.2 Å². The van der Waals surface area contributed by atoms with E-state index in [2.05, 4.69) is 13.2 Å². The zero-order chi connectivity index (χ0) is 12.0. The summed E-state index contributed by atoms with van der Waals surface area (Å²) in [7, 11) is 0. The summed E-state index contributed by atoms with van der Waals surface area (Å²) >= 11 is 0. The number of carbonyl (C=O) groups is 1. The number of benzene rings is 1. The second-order valence-corrected chi connectivity index (χ2v) is 3.04. The Labute approximate surface area is 95.6 Å². The molecule has 0 saturated heterocycles. The van der Waals surface area contributed by atoms with Crippen molar-refractivity contribution in [2.75, 3.05) is 11.5 Å². The van der Waals surface area contributed by atoms with Crippen molar-refractivity contribution in [3.63, 3.8) is 0 Å². The van der Waals surface area contributed by atoms with E-state index in [1.54, 1.807) is 36.4 Å². The van der Waals surface area contributed by atoms with Crippen molar-refractivity contribution in [2.24, 2.45) is 0 Å². The van der Waals surface area contributed by atoms with E-state index in [0.717, 1.165) is 5.69 Å². The van der Waals surface area contributed by atoms with Crippen LogP contribution in [0.25, 0.3) is 0 Å². The minimum atomic E-state index is -0.308. The van der Waals surface area contributed by atoms with Crippen molar-refractivity contribution in [3.05, 3.63) is 55.4 Å². The number of nitrogens with zero attached hydrogens (tertiary/aromatic N) is 1. The van der Waals surface area contributed by atoms with Crippen molar-refractivity contribution in [3.8, 4) is 0 Å². The lowest BCUT2D eigenvalue weighted by Gasteiger charge is -2.14. The molecular weight excluding hydrogens is 202 g/mol. The minimum absolute atomic E-state index is 0.308. The zero-order valence-corrected chi connectivity index (χ0v) is 9.35. The highest BCUT2D eigenvalue weighted by atomic mass is 16.5. The van der Waals surface area contributed by atoms with E-state index < -0.39 is 0 Å². The highest BCUT2D eigenvalue weighted by Gasteiger charge is 2.06. The minimum Gasteiger partial charge on any atom is -0.462 e. The first-order chi connectivity index (χ1) is 7.72. The van der Waals surface area contributed by atoms with Crippen LogP contribution in [0.2, 0.25) is 0 Å². The van der Waals surface area contributed by atoms with E-state index in [4.69, 9.17) is 4.74 Å². The molecule has 3 heteroatoms. The van der Waals surface area contributed by atoms with Crippen molar-refractivity contribution in [1.82, 2.24) is 0 Å². The fraction of sp³-hybridized carbons (Fsp3) is 0.154. The van der Waals surface area contributed by atoms with Gasteiger partial charge in [0, 0.05) is 18.1 Å². The molecule has 84 valence electrons. The van der Waals surface area contributed by atoms with Gasteiger partial charge in [-0.15, -0.1) is 0 Å². The van der Waals surface area contributed by atoms with Crippen LogP contribution in [-0.2, 0) is 4.74 Å². The Balaban J connectivity index is 2.86. The third kappa shape index (κ3) is 2.73. The van der Waals surface area contributed by atoms with E-state index in [1.807, 2.05) is 12.1 Å². The lowest BCUT2D eigenvalue weighted by molar-refractivity contribution is 0.0526. The van der Waals surface area contributed by atoms with Crippen LogP contribution in [0.5, 0.6) is 0 Å². The molecule has 0 unspecified atom stereocenters. The van der Waals surface area contributed by atoms with Gasteiger partial charge in [-0.25, -0.2) is 4.79 Å². The molecular formula is C13H15NO2. The van der Waals surface area contributed by atoms with Crippen molar-refractivity contribution in [2.45, 2.75) is 6.92 Å². The Morgan fingerprint density at radius 3 is 2.31 bits per heavy atom. The van der Waals surface area contributed by atoms with Crippen LogP contribution in [0, 0.1) is 0 Å². The first kappa shape index (κ1) is 12.0. The second-order valence-electron chi connectivity index (χ2n) is 3.04. The van der Waals surface area contributed by atoms with Gasteiger partial charge in [0.15, 0.2) is 0 Å². The van der Waals surface area contributed by atoms with Crippen molar-refractivity contribution < 1.29 is 9.53 Å². The summed E-state index contributed by atoms with van der Waals surface area (Å²) in [6.07, 6.45) is 3.29. The summed E-state index contributed by atoms with van der Waals surface area (Å²) in [5.74, 6) is -0.308. The van der Waals surface area contributed by atoms with Gasteiger partial charge in [0.1, 0.15) is 0 Å². The molecule has 3 nitrogen and oxygen atoms in total. The molecule has 0 atom stereocenters. The maximum Gasteiger partial charge on any atom is 0.338 e. The normalized spacial score (nSPS) is 9.31. The third-order valence-corrected chi connectivity index (χ3v) is 2.07. The zero-order valence-electron chi connectivity index (χ0n) is 9.35. The highest BCUT2D eigenvalue weighted by molar-refractivity contribution is 5.89. The summed E-state index contributed by atoms with van der Waals surface area (Å²) in [5, 5.41) is 0. The Bertz CT molecular complexity index is 373. The quantitative estimate of drug-likeness (QED) is 0.710. The van der Waals surface area contributed by atoms with Crippen LogP contribution < -0.4 is 4.90 Å². The smallest absolute Gasteiger partial charge is 0.338 e. The molecule has 1 aromatic carbocycles. The number of anilines is 1. The molecule has 0 bridgehead atoms. The van der Waals surface area contributed by atoms with Gasteiger partial charge in [-0.3, -0.25) is 0 Å². The summed E-state index contributed by atoms with van der Waals surface area (Å²) in [5.41, 5.74) is 1.44. The molecule has 0 heterocycles. The molecule has 0 aliphatic carbocycles. The van der Waals surface area contributed by atoms with Gasteiger partial charge in [-0.1, -0.05) is 13.2 Å². The molecule has 0 aromatic heterocycles. The van der Waals surface area contributed by atoms with E-state index in [-0.39, 0.29) is 5.97 Å². The number of carbonyl (C=O) groups excluding carboxylic acids is 1. The largest absolute Gasteiger partial charge is 0.462 e. The Morgan fingerprint density at radius 1 is 1.31 bits per heavy atom. The van der Waals surface area contributed by atoms with Gasteiger partial charge in [0.05, 0.1) is 12.2 Å². The van der Waals surface area contributed by atoms with Crippen LogP contribution >= 0.6 is 0 Å². The van der Waals surface area contributed by atoms with Gasteiger partial charge < -0.3 is 9.64 Å². The van der Waals surface area contributed by atoms with Crippen molar-refractivity contribution in [1.29, 1.82) is 0 Å². The topological polar surface area (TPSA) is 29.5 Å². The summed E-state index contributed by atoms with van der Waals surface area (Å²) in [6, 6.07) is 7.06. The van der Waals surface area contributed by atoms with Gasteiger partial charge in [-0.2, -0.15) is 0 Å². The van der Waals surface area contributed by atoms with Gasteiger partial charge >= 0.3 is 5.97 Å². The monoisotopic (exact) mass is 217 g/mol. The molecule has 0 aliphatic heterocycles. The molecule has 0 spiro atoms. The number of hydrogen-bond acceptors (Lipinski definition) is 3. The van der Waals surface area contributed by atoms with Gasteiger partial charge in [0.25, 0.3) is 0 Å². The molecule has 0 N–H and O–H groups in total. The highest BCUT2D eigenvalue weighted by Crippen LogP contribution is 2.16. The first-order valence-electron chi connectivity index (χ1n) is 5.03. The summed E-state index contributed by atoms with van der Waals surface area (Å²) < 4.78 is 4.89. The van der Waals surface area contributed by atoms with E-state index in [1.165, 1.54) is 0 Å². The third-order valence-electron chi connectivity index (χ3n) is 2.07. The molecule has 0 aliphatic rings. The predicted molar refractivity (Wildman–Crippen MR) is 65.3 cm³/mol. The molecule has 16 heavy (non-hydrogen) atoms. The molecule has 0 radical (unpaired) electrons. The number of rotatable bonds is 5. The second kappa shape index (κ2) is 5.75. The Hall–Kier alpha value is -2.03. The van der Waals surface area contributed by atoms with Crippen molar-refractivity contribution >= 4 is 11.7 Å². The summed E-state index contributed by atoms with van der Waals surface area (Å²) in [6.45, 7) is 9.48. The summed E-state index contributed by atoms with van der Waals surface area (Å²) in [4.78, 5) is 13.1. The number of hydrogen-bond donors (Lipinski definition) is 0. The molecule has 0 saturated carbocycles.